The van der Waals surface area contributed by atoms with Crippen molar-refractivity contribution in [2.75, 3.05) is 6.16 Å². The van der Waals surface area contributed by atoms with Crippen LogP contribution >= 0.6 is 8.03 Å². The van der Waals surface area contributed by atoms with Crippen molar-refractivity contribution in [3.05, 3.63) is 0 Å². The molecule has 1 saturated carbocycles. The Labute approximate surface area is 94.7 Å². The van der Waals surface area contributed by atoms with Gasteiger partial charge in [-0.15, -0.1) is 0 Å². The van der Waals surface area contributed by atoms with Crippen molar-refractivity contribution in [1.29, 1.82) is 0 Å². The van der Waals surface area contributed by atoms with Crippen LogP contribution in [-0.2, 0) is 9.09 Å². The van der Waals surface area contributed by atoms with Gasteiger partial charge in [0.1, 0.15) is 0 Å². The molecular formula is C12H25O2P. The summed E-state index contributed by atoms with van der Waals surface area (Å²) in [6.07, 6.45) is 4.57. The van der Waals surface area contributed by atoms with Gasteiger partial charge in [-0.25, -0.2) is 0 Å². The smallest absolute Gasteiger partial charge is 0.191 e. The van der Waals surface area contributed by atoms with Crippen molar-refractivity contribution in [1.82, 2.24) is 0 Å². The molecule has 0 spiro atoms. The minimum Gasteiger partial charge on any atom is -0.327 e. The molecule has 0 aromatic carbocycles. The zero-order valence-electron chi connectivity index (χ0n) is 10.5. The molecule has 2 nitrogen and oxygen atoms in total. The molecule has 0 bridgehead atoms. The highest BCUT2D eigenvalue weighted by Crippen LogP contribution is 2.39. The van der Waals surface area contributed by atoms with Gasteiger partial charge in [-0.05, 0) is 30.6 Å². The van der Waals surface area contributed by atoms with E-state index in [1.54, 1.807) is 0 Å². The van der Waals surface area contributed by atoms with Gasteiger partial charge in [-0.1, -0.05) is 34.1 Å². The molecule has 0 amide bonds. The van der Waals surface area contributed by atoms with Gasteiger partial charge >= 0.3 is 0 Å². The van der Waals surface area contributed by atoms with E-state index in [0.717, 1.165) is 12.3 Å². The van der Waals surface area contributed by atoms with E-state index >= 15 is 0 Å². The first-order chi connectivity index (χ1) is 7.04. The summed E-state index contributed by atoms with van der Waals surface area (Å²) in [6, 6.07) is 0. The van der Waals surface area contributed by atoms with E-state index in [4.69, 9.17) is 4.52 Å². The van der Waals surface area contributed by atoms with Gasteiger partial charge in [-0.3, -0.25) is 4.57 Å². The minimum absolute atomic E-state index is 0.250. The number of rotatable bonds is 4. The van der Waals surface area contributed by atoms with Crippen LogP contribution in [0.2, 0.25) is 0 Å². The van der Waals surface area contributed by atoms with E-state index in [-0.39, 0.29) is 6.10 Å². The van der Waals surface area contributed by atoms with Crippen LogP contribution in [0.3, 0.4) is 0 Å². The van der Waals surface area contributed by atoms with Crippen LogP contribution in [0.5, 0.6) is 0 Å². The van der Waals surface area contributed by atoms with Gasteiger partial charge in [0.15, 0.2) is 8.03 Å². The lowest BCUT2D eigenvalue weighted by Crippen LogP contribution is -2.32. The van der Waals surface area contributed by atoms with E-state index in [2.05, 4.69) is 20.8 Å². The molecule has 1 aliphatic carbocycles. The second-order valence-electron chi connectivity index (χ2n) is 5.21. The third kappa shape index (κ3) is 3.92. The highest BCUT2D eigenvalue weighted by molar-refractivity contribution is 7.39. The minimum atomic E-state index is -1.77. The van der Waals surface area contributed by atoms with Crippen molar-refractivity contribution < 1.29 is 9.09 Å². The Hall–Kier alpha value is 0.190. The Bertz CT molecular complexity index is 216. The monoisotopic (exact) mass is 232 g/mol. The average molecular weight is 232 g/mol. The van der Waals surface area contributed by atoms with E-state index in [0.29, 0.717) is 18.0 Å². The van der Waals surface area contributed by atoms with E-state index in [1.165, 1.54) is 12.8 Å². The summed E-state index contributed by atoms with van der Waals surface area (Å²) in [6.45, 7) is 8.72. The first kappa shape index (κ1) is 13.3. The summed E-state index contributed by atoms with van der Waals surface area (Å²) in [7, 11) is -1.77. The van der Waals surface area contributed by atoms with Crippen LogP contribution in [-0.4, -0.2) is 12.3 Å². The highest BCUT2D eigenvalue weighted by Gasteiger charge is 2.32. The van der Waals surface area contributed by atoms with Crippen molar-refractivity contribution in [2.45, 2.75) is 53.1 Å². The van der Waals surface area contributed by atoms with Gasteiger partial charge in [-0.2, -0.15) is 0 Å². The lowest BCUT2D eigenvalue weighted by molar-refractivity contribution is 0.0525. The molecule has 0 saturated heterocycles. The Morgan fingerprint density at radius 1 is 1.40 bits per heavy atom. The molecule has 1 aliphatic rings. The molecule has 0 N–H and O–H groups in total. The van der Waals surface area contributed by atoms with Crippen LogP contribution in [0.1, 0.15) is 47.0 Å². The fraction of sp³-hybridized carbons (Fsp3) is 1.00. The van der Waals surface area contributed by atoms with Crippen LogP contribution in [0.25, 0.3) is 0 Å². The molecule has 0 radical (unpaired) electrons. The topological polar surface area (TPSA) is 26.3 Å². The molecule has 1 unspecified atom stereocenters. The quantitative estimate of drug-likeness (QED) is 0.686. The molecule has 1 fully saturated rings. The van der Waals surface area contributed by atoms with Gasteiger partial charge in [0.2, 0.25) is 0 Å². The fourth-order valence-corrected chi connectivity index (χ4v) is 3.28. The zero-order valence-corrected chi connectivity index (χ0v) is 11.5. The zero-order chi connectivity index (χ0) is 11.4. The van der Waals surface area contributed by atoms with Gasteiger partial charge in [0, 0.05) is 6.16 Å². The summed E-state index contributed by atoms with van der Waals surface area (Å²) in [5.74, 6) is 1.99. The first-order valence-corrected chi connectivity index (χ1v) is 7.76. The summed E-state index contributed by atoms with van der Waals surface area (Å²) in [5.41, 5.74) is 0. The number of hydrogen-bond donors (Lipinski definition) is 0. The first-order valence-electron chi connectivity index (χ1n) is 6.24. The molecule has 0 aromatic rings. The summed E-state index contributed by atoms with van der Waals surface area (Å²) >= 11 is 0. The summed E-state index contributed by atoms with van der Waals surface area (Å²) in [4.78, 5) is 0. The molecule has 0 aliphatic heterocycles. The molecule has 0 heterocycles. The van der Waals surface area contributed by atoms with Crippen LogP contribution in [0.15, 0.2) is 0 Å². The van der Waals surface area contributed by atoms with Crippen molar-refractivity contribution in [3.63, 3.8) is 0 Å². The SMILES string of the molecule is CC[PH](=O)O[C@@H]1C[C@H](C)CC[C@H]1C(C)C. The average Bonchev–Trinajstić information content (AvgIpc) is 2.17. The van der Waals surface area contributed by atoms with Gasteiger partial charge in [0.25, 0.3) is 0 Å². The van der Waals surface area contributed by atoms with Crippen LogP contribution < -0.4 is 0 Å². The predicted octanol–water partition coefficient (Wildman–Crippen LogP) is 3.96. The van der Waals surface area contributed by atoms with E-state index < -0.39 is 8.03 Å². The molecule has 3 heteroatoms. The van der Waals surface area contributed by atoms with Crippen molar-refractivity contribution in [3.8, 4) is 0 Å². The standard InChI is InChI=1S/C12H25O2P/c1-5-15(13)14-12-8-10(4)6-7-11(12)9(2)3/h9-12,15H,5-8H2,1-4H3/t10-,11+,12-/m1/s1. The molecular weight excluding hydrogens is 207 g/mol. The van der Waals surface area contributed by atoms with Crippen LogP contribution in [0.4, 0.5) is 0 Å². The molecule has 0 aromatic heterocycles. The van der Waals surface area contributed by atoms with Crippen molar-refractivity contribution in [2.24, 2.45) is 17.8 Å². The Morgan fingerprint density at radius 3 is 2.60 bits per heavy atom. The lowest BCUT2D eigenvalue weighted by Gasteiger charge is -2.36. The maximum absolute atomic E-state index is 11.5. The summed E-state index contributed by atoms with van der Waals surface area (Å²) in [5, 5.41) is 0. The maximum atomic E-state index is 11.5. The highest BCUT2D eigenvalue weighted by atomic mass is 31.1. The third-order valence-corrected chi connectivity index (χ3v) is 4.68. The third-order valence-electron chi connectivity index (χ3n) is 3.53. The van der Waals surface area contributed by atoms with Crippen LogP contribution in [0, 0.1) is 17.8 Å². The maximum Gasteiger partial charge on any atom is 0.191 e. The fourth-order valence-electron chi connectivity index (χ4n) is 2.50. The largest absolute Gasteiger partial charge is 0.327 e. The van der Waals surface area contributed by atoms with E-state index in [9.17, 15) is 4.57 Å². The Kier molecular flexibility index (Phi) is 5.35. The Balaban J connectivity index is 2.57. The summed E-state index contributed by atoms with van der Waals surface area (Å²) < 4.78 is 17.2. The predicted molar refractivity (Wildman–Crippen MR) is 65.8 cm³/mol. The molecule has 15 heavy (non-hydrogen) atoms. The number of hydrogen-bond acceptors (Lipinski definition) is 2. The van der Waals surface area contributed by atoms with Crippen molar-refractivity contribution >= 4 is 8.03 Å². The normalized spacial score (nSPS) is 34.3. The van der Waals surface area contributed by atoms with Gasteiger partial charge < -0.3 is 4.52 Å². The second kappa shape index (κ2) is 6.06. The van der Waals surface area contributed by atoms with E-state index in [1.807, 2.05) is 6.92 Å². The second-order valence-corrected chi connectivity index (χ2v) is 6.89. The Morgan fingerprint density at radius 2 is 2.07 bits per heavy atom. The lowest BCUT2D eigenvalue weighted by atomic mass is 9.75. The van der Waals surface area contributed by atoms with Gasteiger partial charge in [0.05, 0.1) is 6.10 Å². The molecule has 4 atom stereocenters. The molecule has 90 valence electrons. The molecule has 1 rings (SSSR count).